The topological polar surface area (TPSA) is 111 Å². The number of amides is 2. The molecule has 2 heterocycles. The van der Waals surface area contributed by atoms with Crippen LogP contribution in [0.4, 0.5) is 20.2 Å². The minimum absolute atomic E-state index is 0.0696. The van der Waals surface area contributed by atoms with Crippen LogP contribution in [-0.2, 0) is 14.3 Å². The van der Waals surface area contributed by atoms with Gasteiger partial charge in [-0.1, -0.05) is 13.8 Å². The van der Waals surface area contributed by atoms with E-state index in [1.54, 1.807) is 31.5 Å². The Morgan fingerprint density at radius 2 is 1.58 bits per heavy atom. The number of ether oxygens (including phenoxy) is 4. The first-order valence-electron chi connectivity index (χ1n) is 16.0. The number of pyridine rings is 1. The second-order valence-electron chi connectivity index (χ2n) is 12.1. The molecule has 2 aliphatic rings. The van der Waals surface area contributed by atoms with Crippen LogP contribution in [0.5, 0.6) is 23.0 Å². The number of nitrogens with zero attached hydrogens (tertiary/aromatic N) is 2. The Balaban J connectivity index is 1.13. The molecule has 0 bridgehead atoms. The van der Waals surface area contributed by atoms with Crippen molar-refractivity contribution in [3.8, 4) is 23.0 Å². The third kappa shape index (κ3) is 6.76. The molecule has 2 fully saturated rings. The van der Waals surface area contributed by atoms with Crippen molar-refractivity contribution >= 4 is 34.1 Å². The lowest BCUT2D eigenvalue weighted by Crippen LogP contribution is -2.38. The van der Waals surface area contributed by atoms with Gasteiger partial charge in [-0.25, -0.2) is 8.78 Å². The Kier molecular flexibility index (Phi) is 9.74. The number of fused-ring (bicyclic) bond motifs is 1. The first-order valence-corrected chi connectivity index (χ1v) is 16.0. The number of nitrogens with one attached hydrogen (secondary N) is 2. The van der Waals surface area contributed by atoms with E-state index >= 15 is 4.39 Å². The highest BCUT2D eigenvalue weighted by molar-refractivity contribution is 6.17. The Bertz CT molecular complexity index is 1790. The number of benzene rings is 3. The fourth-order valence-electron chi connectivity index (χ4n) is 6.27. The molecule has 10 nitrogen and oxygen atoms in total. The molecule has 1 saturated carbocycles. The normalized spacial score (nSPS) is 20.6. The lowest BCUT2D eigenvalue weighted by atomic mass is 9.99. The largest absolute Gasteiger partial charge is 0.493 e. The van der Waals surface area contributed by atoms with Crippen LogP contribution in [0.1, 0.15) is 20.3 Å². The van der Waals surface area contributed by atoms with E-state index in [4.69, 9.17) is 18.9 Å². The zero-order valence-corrected chi connectivity index (χ0v) is 27.1. The average molecular weight is 661 g/mol. The molecule has 1 aliphatic heterocycles. The summed E-state index contributed by atoms with van der Waals surface area (Å²) in [5.41, 5.74) is -0.239. The third-order valence-electron chi connectivity index (χ3n) is 9.31. The summed E-state index contributed by atoms with van der Waals surface area (Å²) in [6, 6.07) is 14.5. The van der Waals surface area contributed by atoms with Gasteiger partial charge in [0.05, 0.1) is 32.4 Å². The van der Waals surface area contributed by atoms with Crippen molar-refractivity contribution in [2.45, 2.75) is 20.3 Å². The van der Waals surface area contributed by atoms with E-state index in [0.717, 1.165) is 45.3 Å². The summed E-state index contributed by atoms with van der Waals surface area (Å²) in [4.78, 5) is 33.5. The van der Waals surface area contributed by atoms with Gasteiger partial charge in [-0.2, -0.15) is 0 Å². The molecule has 1 saturated heterocycles. The molecule has 2 amide bonds. The number of carbonyl (C=O) groups is 2. The van der Waals surface area contributed by atoms with E-state index in [-0.39, 0.29) is 23.3 Å². The molecular weight excluding hydrogens is 622 g/mol. The fraction of sp³-hybridized carbons (Fsp3) is 0.361. The van der Waals surface area contributed by atoms with Crippen molar-refractivity contribution in [3.05, 3.63) is 78.5 Å². The highest BCUT2D eigenvalue weighted by atomic mass is 19.1. The number of anilines is 2. The molecule has 1 aromatic heterocycles. The van der Waals surface area contributed by atoms with Crippen molar-refractivity contribution in [3.63, 3.8) is 0 Å². The summed E-state index contributed by atoms with van der Waals surface area (Å²) < 4.78 is 51.7. The van der Waals surface area contributed by atoms with Crippen LogP contribution in [0.2, 0.25) is 0 Å². The van der Waals surface area contributed by atoms with E-state index in [2.05, 4.69) is 20.5 Å². The minimum atomic E-state index is -1.36. The molecule has 12 heteroatoms. The lowest BCUT2D eigenvalue weighted by molar-refractivity contribution is -0.132. The monoisotopic (exact) mass is 660 g/mol. The van der Waals surface area contributed by atoms with Crippen molar-refractivity contribution in [1.82, 2.24) is 9.88 Å². The second-order valence-corrected chi connectivity index (χ2v) is 12.1. The standard InChI is InChI=1S/C36H38F2N4O6/c1-22-23(2)36(22,34(43)40-25-7-5-24(37)6-8-25)35(44)41-26-9-10-31(28(38)19-26)48-30-11-12-39-29-21-33(32(45-3)20-27(29)30)47-16-4-13-42-14-17-46-18-15-42/h5-12,19-23H,4,13-18H2,1-3H3,(H,40,43)(H,41,44). The van der Waals surface area contributed by atoms with Gasteiger partial charge in [0.1, 0.15) is 17.0 Å². The number of hydrogen-bond donors (Lipinski definition) is 2. The molecule has 6 rings (SSSR count). The first kappa shape index (κ1) is 33.1. The zero-order chi connectivity index (χ0) is 33.8. The molecule has 252 valence electrons. The van der Waals surface area contributed by atoms with Crippen molar-refractivity contribution in [2.75, 3.05) is 57.2 Å². The van der Waals surface area contributed by atoms with Gasteiger partial charge >= 0.3 is 0 Å². The maximum Gasteiger partial charge on any atom is 0.240 e. The predicted octanol–water partition coefficient (Wildman–Crippen LogP) is 6.26. The van der Waals surface area contributed by atoms with E-state index in [1.807, 2.05) is 13.8 Å². The first-order chi connectivity index (χ1) is 23.2. The quantitative estimate of drug-likeness (QED) is 0.135. The van der Waals surface area contributed by atoms with Gasteiger partial charge in [-0.3, -0.25) is 19.5 Å². The molecule has 0 radical (unpaired) electrons. The average Bonchev–Trinajstić information content (AvgIpc) is 3.65. The highest BCUT2D eigenvalue weighted by Gasteiger charge is 2.69. The number of methoxy groups -OCH3 is 1. The zero-order valence-electron chi connectivity index (χ0n) is 27.1. The summed E-state index contributed by atoms with van der Waals surface area (Å²) in [5.74, 6) is -1.42. The van der Waals surface area contributed by atoms with Crippen LogP contribution in [-0.4, -0.2) is 68.3 Å². The van der Waals surface area contributed by atoms with Crippen LogP contribution >= 0.6 is 0 Å². The summed E-state index contributed by atoms with van der Waals surface area (Å²) in [6.07, 6.45) is 2.41. The molecule has 48 heavy (non-hydrogen) atoms. The fourth-order valence-corrected chi connectivity index (χ4v) is 6.27. The lowest BCUT2D eigenvalue weighted by Gasteiger charge is -2.26. The number of carbonyl (C=O) groups excluding carboxylic acids is 2. The smallest absolute Gasteiger partial charge is 0.240 e. The van der Waals surface area contributed by atoms with Gasteiger partial charge in [0.2, 0.25) is 11.8 Å². The summed E-state index contributed by atoms with van der Waals surface area (Å²) in [5, 5.41) is 6.00. The summed E-state index contributed by atoms with van der Waals surface area (Å²) in [7, 11) is 1.55. The number of hydrogen-bond acceptors (Lipinski definition) is 8. The van der Waals surface area contributed by atoms with Crippen LogP contribution in [0.25, 0.3) is 10.9 Å². The second kappa shape index (κ2) is 14.1. The Hall–Kier alpha value is -4.81. The van der Waals surface area contributed by atoms with Crippen LogP contribution < -0.4 is 24.8 Å². The van der Waals surface area contributed by atoms with Crippen molar-refractivity contribution < 1.29 is 37.3 Å². The summed E-state index contributed by atoms with van der Waals surface area (Å²) >= 11 is 0. The van der Waals surface area contributed by atoms with Crippen LogP contribution in [0.3, 0.4) is 0 Å². The van der Waals surface area contributed by atoms with E-state index in [0.29, 0.717) is 40.4 Å². The molecule has 2 atom stereocenters. The van der Waals surface area contributed by atoms with Gasteiger partial charge in [-0.05, 0) is 66.8 Å². The Morgan fingerprint density at radius 1 is 0.896 bits per heavy atom. The van der Waals surface area contributed by atoms with E-state index in [9.17, 15) is 14.0 Å². The third-order valence-corrected chi connectivity index (χ3v) is 9.31. The van der Waals surface area contributed by atoms with Crippen molar-refractivity contribution in [2.24, 2.45) is 17.3 Å². The molecule has 3 aromatic carbocycles. The number of morpholine rings is 1. The van der Waals surface area contributed by atoms with Gasteiger partial charge in [-0.15, -0.1) is 0 Å². The van der Waals surface area contributed by atoms with Crippen LogP contribution in [0.15, 0.2) is 66.9 Å². The van der Waals surface area contributed by atoms with Gasteiger partial charge in [0.25, 0.3) is 0 Å². The Labute approximate surface area is 277 Å². The van der Waals surface area contributed by atoms with Gasteiger partial charge < -0.3 is 29.6 Å². The maximum absolute atomic E-state index is 15.4. The summed E-state index contributed by atoms with van der Waals surface area (Å²) in [6.45, 7) is 8.37. The number of halogens is 2. The molecule has 4 aromatic rings. The predicted molar refractivity (Wildman–Crippen MR) is 177 cm³/mol. The number of rotatable bonds is 12. The van der Waals surface area contributed by atoms with Gasteiger partial charge in [0, 0.05) is 54.7 Å². The molecule has 2 unspecified atom stereocenters. The number of aromatic nitrogens is 1. The highest BCUT2D eigenvalue weighted by Crippen LogP contribution is 2.59. The molecule has 0 spiro atoms. The van der Waals surface area contributed by atoms with Gasteiger partial charge in [0.15, 0.2) is 23.1 Å². The van der Waals surface area contributed by atoms with Crippen LogP contribution in [0, 0.1) is 28.9 Å². The SMILES string of the molecule is COc1cc2c(Oc3ccc(NC(=O)C4(C(=O)Nc5ccc(F)cc5)C(C)C4C)cc3F)ccnc2cc1OCCCN1CCOCC1. The Morgan fingerprint density at radius 3 is 2.25 bits per heavy atom. The molecule has 1 aliphatic carbocycles. The molecule has 2 N–H and O–H groups in total. The van der Waals surface area contributed by atoms with Crippen molar-refractivity contribution in [1.29, 1.82) is 0 Å². The maximum atomic E-state index is 15.4. The minimum Gasteiger partial charge on any atom is -0.493 e. The van der Waals surface area contributed by atoms with E-state index in [1.165, 1.54) is 36.4 Å². The molecular formula is C36H38F2N4O6. The van der Waals surface area contributed by atoms with E-state index < -0.39 is 28.9 Å².